The highest BCUT2D eigenvalue weighted by molar-refractivity contribution is 5.95. The van der Waals surface area contributed by atoms with Gasteiger partial charge in [-0.15, -0.1) is 0 Å². The Hall–Kier alpha value is -3.93. The number of carbonyl (C=O) groups excluding carboxylic acids is 1. The molecule has 156 valence electrons. The van der Waals surface area contributed by atoms with Gasteiger partial charge in [0.1, 0.15) is 17.1 Å². The molecular weight excluding hydrogens is 397 g/mol. The van der Waals surface area contributed by atoms with Gasteiger partial charge in [0.25, 0.3) is 0 Å². The molecule has 5 nitrogen and oxygen atoms in total. The molecular formula is C25H20FNO4. The summed E-state index contributed by atoms with van der Waals surface area (Å²) in [6, 6.07) is 20.5. The first-order valence-corrected chi connectivity index (χ1v) is 9.71. The number of hydrogen-bond donors (Lipinski definition) is 0. The molecule has 4 rings (SSSR count). The van der Waals surface area contributed by atoms with Gasteiger partial charge in [-0.05, 0) is 35.4 Å². The first-order valence-electron chi connectivity index (χ1n) is 9.71. The number of benzene rings is 3. The van der Waals surface area contributed by atoms with E-state index in [0.717, 1.165) is 16.7 Å². The maximum atomic E-state index is 13.3. The van der Waals surface area contributed by atoms with Crippen molar-refractivity contribution < 1.29 is 18.3 Å². The van der Waals surface area contributed by atoms with Crippen LogP contribution in [0, 0.1) is 5.82 Å². The standard InChI is InChI=1S/C25H20FNO4/c1-27(2)25(29)30-19-12-13-20-22(15-19)31-24(28)21(14-16-8-10-18(26)11-9-16)23(20)17-6-4-3-5-7-17/h3-13,15H,14H2,1-2H3. The second-order valence-electron chi connectivity index (χ2n) is 7.33. The van der Waals surface area contributed by atoms with E-state index in [0.29, 0.717) is 23.0 Å². The Morgan fingerprint density at radius 2 is 1.71 bits per heavy atom. The van der Waals surface area contributed by atoms with Crippen LogP contribution in [0.15, 0.2) is 82.0 Å². The van der Waals surface area contributed by atoms with E-state index in [1.165, 1.54) is 23.1 Å². The Morgan fingerprint density at radius 3 is 2.39 bits per heavy atom. The van der Waals surface area contributed by atoms with E-state index in [1.807, 2.05) is 30.3 Å². The third-order valence-electron chi connectivity index (χ3n) is 4.90. The first kappa shape index (κ1) is 20.3. The van der Waals surface area contributed by atoms with Crippen LogP contribution in [0.25, 0.3) is 22.1 Å². The molecule has 6 heteroatoms. The highest BCUT2D eigenvalue weighted by atomic mass is 19.1. The number of nitrogens with zero attached hydrogens (tertiary/aromatic N) is 1. The van der Waals surface area contributed by atoms with E-state index < -0.39 is 11.7 Å². The van der Waals surface area contributed by atoms with Gasteiger partial charge >= 0.3 is 11.7 Å². The zero-order valence-electron chi connectivity index (χ0n) is 17.1. The second kappa shape index (κ2) is 8.44. The molecule has 4 aromatic rings. The molecule has 3 aromatic carbocycles. The van der Waals surface area contributed by atoms with Crippen molar-refractivity contribution in [3.8, 4) is 16.9 Å². The van der Waals surface area contributed by atoms with Gasteiger partial charge in [-0.2, -0.15) is 0 Å². The van der Waals surface area contributed by atoms with Gasteiger partial charge < -0.3 is 14.1 Å². The number of ether oxygens (including phenoxy) is 1. The van der Waals surface area contributed by atoms with Crippen LogP contribution in [-0.2, 0) is 6.42 Å². The Kier molecular flexibility index (Phi) is 5.54. The fourth-order valence-corrected chi connectivity index (χ4v) is 3.38. The van der Waals surface area contributed by atoms with E-state index in [4.69, 9.17) is 9.15 Å². The van der Waals surface area contributed by atoms with Crippen LogP contribution in [0.2, 0.25) is 0 Å². The predicted molar refractivity (Wildman–Crippen MR) is 117 cm³/mol. The van der Waals surface area contributed by atoms with Crippen LogP contribution in [0.3, 0.4) is 0 Å². The van der Waals surface area contributed by atoms with Crippen molar-refractivity contribution in [1.29, 1.82) is 0 Å². The molecule has 0 fully saturated rings. The Labute approximate surface area is 178 Å². The summed E-state index contributed by atoms with van der Waals surface area (Å²) in [6.07, 6.45) is -0.238. The highest BCUT2D eigenvalue weighted by Gasteiger charge is 2.18. The van der Waals surface area contributed by atoms with Crippen LogP contribution >= 0.6 is 0 Å². The molecule has 0 bridgehead atoms. The number of hydrogen-bond acceptors (Lipinski definition) is 4. The maximum Gasteiger partial charge on any atom is 0.414 e. The lowest BCUT2D eigenvalue weighted by molar-refractivity contribution is 0.172. The van der Waals surface area contributed by atoms with Gasteiger partial charge in [0, 0.05) is 37.5 Å². The zero-order chi connectivity index (χ0) is 22.0. The lowest BCUT2D eigenvalue weighted by atomic mass is 9.93. The van der Waals surface area contributed by atoms with Crippen LogP contribution in [0.1, 0.15) is 11.1 Å². The van der Waals surface area contributed by atoms with Gasteiger partial charge in [0.05, 0.1) is 5.56 Å². The number of carbonyl (C=O) groups is 1. The smallest absolute Gasteiger partial charge is 0.414 e. The number of amides is 1. The number of rotatable bonds is 4. The quantitative estimate of drug-likeness (QED) is 0.426. The van der Waals surface area contributed by atoms with Crippen molar-refractivity contribution in [3.05, 3.63) is 100 Å². The lowest BCUT2D eigenvalue weighted by Crippen LogP contribution is -2.25. The predicted octanol–water partition coefficient (Wildman–Crippen LogP) is 5.25. The van der Waals surface area contributed by atoms with E-state index in [-0.39, 0.29) is 11.6 Å². The largest absolute Gasteiger partial charge is 0.422 e. The van der Waals surface area contributed by atoms with Crippen molar-refractivity contribution in [2.75, 3.05) is 14.1 Å². The maximum absolute atomic E-state index is 13.3. The summed E-state index contributed by atoms with van der Waals surface area (Å²) in [5.74, 6) is -0.0583. The van der Waals surface area contributed by atoms with Crippen molar-refractivity contribution in [2.24, 2.45) is 0 Å². The summed E-state index contributed by atoms with van der Waals surface area (Å²) in [5.41, 5.74) is 2.69. The Bertz CT molecular complexity index is 1300. The molecule has 0 radical (unpaired) electrons. The van der Waals surface area contributed by atoms with E-state index in [1.54, 1.807) is 38.4 Å². The van der Waals surface area contributed by atoms with Crippen molar-refractivity contribution >= 4 is 17.1 Å². The summed E-state index contributed by atoms with van der Waals surface area (Å²) in [5, 5.41) is 0.715. The van der Waals surface area contributed by atoms with Crippen LogP contribution in [0.5, 0.6) is 5.75 Å². The Morgan fingerprint density at radius 1 is 1.00 bits per heavy atom. The minimum absolute atomic E-state index is 0.277. The topological polar surface area (TPSA) is 59.8 Å². The molecule has 0 unspecified atom stereocenters. The van der Waals surface area contributed by atoms with Crippen LogP contribution in [-0.4, -0.2) is 25.1 Å². The molecule has 0 saturated heterocycles. The van der Waals surface area contributed by atoms with Gasteiger partial charge in [-0.25, -0.2) is 14.0 Å². The van der Waals surface area contributed by atoms with Crippen molar-refractivity contribution in [1.82, 2.24) is 4.90 Å². The third kappa shape index (κ3) is 4.33. The highest BCUT2D eigenvalue weighted by Crippen LogP contribution is 2.33. The molecule has 0 N–H and O–H groups in total. The molecule has 1 heterocycles. The van der Waals surface area contributed by atoms with Gasteiger partial charge in [0.15, 0.2) is 0 Å². The van der Waals surface area contributed by atoms with Gasteiger partial charge in [-0.3, -0.25) is 0 Å². The number of halogens is 1. The SMILES string of the molecule is CN(C)C(=O)Oc1ccc2c(-c3ccccc3)c(Cc3ccc(F)cc3)c(=O)oc2c1. The Balaban J connectivity index is 1.88. The van der Waals surface area contributed by atoms with Crippen LogP contribution in [0.4, 0.5) is 9.18 Å². The molecule has 0 spiro atoms. The molecule has 0 atom stereocenters. The average molecular weight is 417 g/mol. The van der Waals surface area contributed by atoms with Crippen molar-refractivity contribution in [3.63, 3.8) is 0 Å². The summed E-state index contributed by atoms with van der Waals surface area (Å²) >= 11 is 0. The monoisotopic (exact) mass is 417 g/mol. The fourth-order valence-electron chi connectivity index (χ4n) is 3.38. The molecule has 0 saturated carbocycles. The van der Waals surface area contributed by atoms with Crippen molar-refractivity contribution in [2.45, 2.75) is 6.42 Å². The molecule has 1 aromatic heterocycles. The summed E-state index contributed by atoms with van der Waals surface area (Å²) in [6.45, 7) is 0. The average Bonchev–Trinajstić information content (AvgIpc) is 2.76. The van der Waals surface area contributed by atoms with E-state index in [9.17, 15) is 14.0 Å². The van der Waals surface area contributed by atoms with Gasteiger partial charge in [0.2, 0.25) is 0 Å². The molecule has 0 aliphatic rings. The minimum atomic E-state index is -0.530. The summed E-state index contributed by atoms with van der Waals surface area (Å²) in [7, 11) is 3.16. The lowest BCUT2D eigenvalue weighted by Gasteiger charge is -2.14. The molecule has 0 aliphatic heterocycles. The summed E-state index contributed by atoms with van der Waals surface area (Å²) < 4.78 is 24.2. The zero-order valence-corrected chi connectivity index (χ0v) is 17.1. The minimum Gasteiger partial charge on any atom is -0.422 e. The molecule has 1 amide bonds. The fraction of sp³-hybridized carbons (Fsp3) is 0.120. The van der Waals surface area contributed by atoms with Gasteiger partial charge in [-0.1, -0.05) is 42.5 Å². The van der Waals surface area contributed by atoms with Crippen LogP contribution < -0.4 is 10.4 Å². The molecule has 0 aliphatic carbocycles. The third-order valence-corrected chi connectivity index (χ3v) is 4.90. The van der Waals surface area contributed by atoms with E-state index >= 15 is 0 Å². The first-order chi connectivity index (χ1) is 14.9. The number of fused-ring (bicyclic) bond motifs is 1. The molecule has 31 heavy (non-hydrogen) atoms. The van der Waals surface area contributed by atoms with E-state index in [2.05, 4.69) is 0 Å². The second-order valence-corrected chi connectivity index (χ2v) is 7.33. The normalized spacial score (nSPS) is 10.8. The summed E-state index contributed by atoms with van der Waals surface area (Å²) in [4.78, 5) is 26.2.